The van der Waals surface area contributed by atoms with Crippen molar-refractivity contribution in [1.82, 2.24) is 0 Å². The smallest absolute Gasteiger partial charge is 0.330 e. The predicted molar refractivity (Wildman–Crippen MR) is 316 cm³/mol. The number of rotatable bonds is 25. The zero-order valence-corrected chi connectivity index (χ0v) is 48.2. The summed E-state index contributed by atoms with van der Waals surface area (Å²) in [6, 6.07) is 8.90. The molecule has 0 spiro atoms. The maximum Gasteiger partial charge on any atom is 0.330 e. The summed E-state index contributed by atoms with van der Waals surface area (Å²) in [5.74, 6) is 1.95. The normalized spacial score (nSPS) is 10.7. The van der Waals surface area contributed by atoms with Gasteiger partial charge in [0.1, 0.15) is 0 Å². The Kier molecular flexibility index (Phi) is 95.7. The maximum atomic E-state index is 10.4. The first-order valence-corrected chi connectivity index (χ1v) is 26.6. The molecule has 0 radical (unpaired) electrons. The molecule has 1 atom stereocenters. The molecule has 0 saturated carbocycles. The molecule has 0 amide bonds. The van der Waals surface area contributed by atoms with E-state index < -0.39 is 0 Å². The highest BCUT2D eigenvalue weighted by atomic mass is 16.5. The number of esters is 2. The van der Waals surface area contributed by atoms with Gasteiger partial charge in [0.05, 0.1) is 13.2 Å². The summed E-state index contributed by atoms with van der Waals surface area (Å²) >= 11 is 0. The Morgan fingerprint density at radius 2 is 1.01 bits per heavy atom. The Morgan fingerprint density at radius 1 is 0.580 bits per heavy atom. The van der Waals surface area contributed by atoms with Gasteiger partial charge in [-0.3, -0.25) is 0 Å². The summed E-state index contributed by atoms with van der Waals surface area (Å²) in [5, 5.41) is 0. The van der Waals surface area contributed by atoms with Crippen LogP contribution in [0.25, 0.3) is 0 Å². The number of hydrogen-bond donors (Lipinski definition) is 0. The second-order valence-corrected chi connectivity index (χ2v) is 16.5. The van der Waals surface area contributed by atoms with E-state index in [1.807, 2.05) is 44.2 Å². The number of ether oxygens (including phenoxy) is 3. The van der Waals surface area contributed by atoms with Crippen LogP contribution in [0.4, 0.5) is 0 Å². The maximum absolute atomic E-state index is 10.4. The van der Waals surface area contributed by atoms with Gasteiger partial charge in [-0.25, -0.2) is 9.59 Å². The first-order valence-electron chi connectivity index (χ1n) is 26.6. The molecule has 0 fully saturated rings. The fraction of sp³-hybridized carbons (Fsp3) is 0.594. The van der Waals surface area contributed by atoms with Gasteiger partial charge in [-0.2, -0.15) is 0 Å². The van der Waals surface area contributed by atoms with E-state index in [0.29, 0.717) is 13.2 Å². The zero-order chi connectivity index (χ0) is 54.6. The SMILES string of the molecule is C=C/C=C/C.C=C/C=C/CCC.C=CC.C=CC(=O)OCCCCC.C=CC(=O)OCCCCC.C=CCCC.C=CCCOC.CC(C)C(C)C.CCCC.CCCCCC1Cc2ccccc21. The first-order chi connectivity index (χ1) is 33.2. The van der Waals surface area contributed by atoms with Crippen molar-refractivity contribution in [2.45, 2.75) is 212 Å². The summed E-state index contributed by atoms with van der Waals surface area (Å²) < 4.78 is 14.2. The molecule has 0 aromatic heterocycles. The van der Waals surface area contributed by atoms with Crippen LogP contribution >= 0.6 is 0 Å². The average molecular weight is 966 g/mol. The van der Waals surface area contributed by atoms with Gasteiger partial charge in [0.15, 0.2) is 0 Å². The minimum Gasteiger partial charge on any atom is -0.463 e. The molecule has 1 aromatic rings. The van der Waals surface area contributed by atoms with Crippen molar-refractivity contribution >= 4 is 11.9 Å². The van der Waals surface area contributed by atoms with Crippen molar-refractivity contribution in [3.05, 3.63) is 148 Å². The van der Waals surface area contributed by atoms with Crippen molar-refractivity contribution < 1.29 is 23.8 Å². The van der Waals surface area contributed by atoms with Gasteiger partial charge in [0, 0.05) is 25.9 Å². The van der Waals surface area contributed by atoms with Gasteiger partial charge in [0.2, 0.25) is 0 Å². The number of allylic oxidation sites excluding steroid dienone is 8. The van der Waals surface area contributed by atoms with Crippen molar-refractivity contribution in [1.29, 1.82) is 0 Å². The highest BCUT2D eigenvalue weighted by Gasteiger charge is 2.24. The van der Waals surface area contributed by atoms with Crippen LogP contribution in [-0.4, -0.2) is 38.9 Å². The molecular formula is C64H116O5. The van der Waals surface area contributed by atoms with E-state index in [4.69, 9.17) is 14.2 Å². The van der Waals surface area contributed by atoms with Crippen LogP contribution in [0.15, 0.2) is 137 Å². The van der Waals surface area contributed by atoms with Gasteiger partial charge in [-0.1, -0.05) is 252 Å². The van der Waals surface area contributed by atoms with E-state index in [9.17, 15) is 9.59 Å². The molecule has 1 aliphatic rings. The molecule has 69 heavy (non-hydrogen) atoms. The number of benzene rings is 1. The van der Waals surface area contributed by atoms with Crippen LogP contribution in [0.5, 0.6) is 0 Å². The highest BCUT2D eigenvalue weighted by Crippen LogP contribution is 2.38. The van der Waals surface area contributed by atoms with Crippen LogP contribution in [0.2, 0.25) is 0 Å². The molecule has 1 aliphatic carbocycles. The van der Waals surface area contributed by atoms with E-state index in [2.05, 4.69) is 153 Å². The predicted octanol–water partition coefficient (Wildman–Crippen LogP) is 20.5. The van der Waals surface area contributed by atoms with E-state index >= 15 is 0 Å². The zero-order valence-electron chi connectivity index (χ0n) is 48.2. The van der Waals surface area contributed by atoms with Crippen LogP contribution in [0, 0.1) is 11.8 Å². The first kappa shape index (κ1) is 81.7. The van der Waals surface area contributed by atoms with Gasteiger partial charge in [0.25, 0.3) is 0 Å². The topological polar surface area (TPSA) is 61.8 Å². The molecule has 0 bridgehead atoms. The van der Waals surface area contributed by atoms with Crippen LogP contribution < -0.4 is 0 Å². The quantitative estimate of drug-likeness (QED) is 0.0321. The van der Waals surface area contributed by atoms with Crippen LogP contribution in [0.1, 0.15) is 216 Å². The third-order valence-electron chi connectivity index (χ3n) is 9.34. The monoisotopic (exact) mass is 965 g/mol. The largest absolute Gasteiger partial charge is 0.463 e. The number of hydrogen-bond acceptors (Lipinski definition) is 5. The van der Waals surface area contributed by atoms with Crippen molar-refractivity contribution in [2.75, 3.05) is 26.9 Å². The van der Waals surface area contributed by atoms with Crippen molar-refractivity contribution in [2.24, 2.45) is 11.8 Å². The average Bonchev–Trinajstić information content (AvgIpc) is 3.34. The summed E-state index contributed by atoms with van der Waals surface area (Å²) in [5.41, 5.74) is 3.21. The molecular weight excluding hydrogens is 849 g/mol. The molecule has 402 valence electrons. The summed E-state index contributed by atoms with van der Waals surface area (Å²) in [6.07, 6.45) is 41.1. The Labute approximate surface area is 432 Å². The Morgan fingerprint density at radius 3 is 1.29 bits per heavy atom. The minimum absolute atomic E-state index is 0.323. The lowest BCUT2D eigenvalue weighted by molar-refractivity contribution is -0.138. The second-order valence-electron chi connectivity index (χ2n) is 16.5. The Balaban J connectivity index is -0.000000103. The minimum atomic E-state index is -0.323. The molecule has 5 nitrogen and oxygen atoms in total. The van der Waals surface area contributed by atoms with Gasteiger partial charge >= 0.3 is 11.9 Å². The van der Waals surface area contributed by atoms with Crippen LogP contribution in [-0.2, 0) is 30.2 Å². The molecule has 2 rings (SSSR count). The van der Waals surface area contributed by atoms with Gasteiger partial charge in [-0.15, -0.1) is 19.7 Å². The van der Waals surface area contributed by atoms with Crippen molar-refractivity contribution in [3.63, 3.8) is 0 Å². The molecule has 0 N–H and O–H groups in total. The lowest BCUT2D eigenvalue weighted by Crippen LogP contribution is -2.16. The fourth-order valence-electron chi connectivity index (χ4n) is 4.33. The molecule has 0 aliphatic heterocycles. The van der Waals surface area contributed by atoms with E-state index in [-0.39, 0.29) is 11.9 Å². The lowest BCUT2D eigenvalue weighted by atomic mass is 9.75. The molecule has 1 aromatic carbocycles. The summed E-state index contributed by atoms with van der Waals surface area (Å²) in [4.78, 5) is 20.9. The second kappa shape index (κ2) is 80.8. The Hall–Kier alpha value is -4.22. The number of unbranched alkanes of at least 4 members (excludes halogenated alkanes) is 9. The lowest BCUT2D eigenvalue weighted by Gasteiger charge is -2.30. The molecule has 0 saturated heterocycles. The van der Waals surface area contributed by atoms with E-state index in [0.717, 1.165) is 75.7 Å². The fourth-order valence-corrected chi connectivity index (χ4v) is 4.33. The summed E-state index contributed by atoms with van der Waals surface area (Å²) in [6.45, 7) is 53.8. The molecule has 5 heteroatoms. The number of carbonyl (C=O) groups is 2. The third-order valence-corrected chi connectivity index (χ3v) is 9.34. The van der Waals surface area contributed by atoms with E-state index in [1.165, 1.54) is 76.4 Å². The highest BCUT2D eigenvalue weighted by molar-refractivity contribution is 5.81. The third kappa shape index (κ3) is 90.8. The van der Waals surface area contributed by atoms with E-state index in [1.54, 1.807) is 36.5 Å². The number of fused-ring (bicyclic) bond motifs is 1. The molecule has 1 unspecified atom stereocenters. The van der Waals surface area contributed by atoms with Gasteiger partial charge < -0.3 is 14.2 Å². The Bertz CT molecular complexity index is 1230. The standard InChI is InChI=1S/C13H18.2C8H14O2.C7H12.C6H14.C5H10O.C5H10.C5H8.C4H10.C3H6/c1-2-3-4-7-11-10-12-8-5-6-9-13(11)12;2*1-3-5-6-7-10-8(9)4-2;1-3-5-7-6-4-2;1-5(2)6(3)4;1-3-4-5-6-2;2*1-3-5-4-2;1-3-4-2;1-3-2/h5-6,8-9,11H,2-4,7,10H2,1H3;2*4H,2-3,5-7H2,1H3;3,5,7H,1,4,6H2,2H3;5-6H,1-4H3;3H,1,4-5H2,2H3;3H,1,4-5H2,2H3;3-5H,1H2,2H3;3-4H2,1-2H3;3H,1H2,2H3/b;;;7-5+;;;;5-4+;;. The van der Waals surface area contributed by atoms with Crippen molar-refractivity contribution in [3.8, 4) is 0 Å². The molecule has 0 heterocycles. The van der Waals surface area contributed by atoms with Crippen LogP contribution in [0.3, 0.4) is 0 Å². The number of carbonyl (C=O) groups excluding carboxylic acids is 2. The van der Waals surface area contributed by atoms with Gasteiger partial charge in [-0.05, 0) is 87.7 Å². The summed E-state index contributed by atoms with van der Waals surface area (Å²) in [7, 11) is 1.68. The number of methoxy groups -OCH3 is 1.